The molecule has 0 spiro atoms. The zero-order valence-electron chi connectivity index (χ0n) is 16.0. The Kier molecular flexibility index (Phi) is 4.10. The van der Waals surface area contributed by atoms with Gasteiger partial charge >= 0.3 is 0 Å². The van der Waals surface area contributed by atoms with Gasteiger partial charge in [-0.25, -0.2) is 4.99 Å². The topological polar surface area (TPSA) is 63.9 Å². The fourth-order valence-electron chi connectivity index (χ4n) is 3.72. The monoisotopic (exact) mass is 377 g/mol. The molecule has 0 bridgehead atoms. The van der Waals surface area contributed by atoms with Gasteiger partial charge in [0.25, 0.3) is 0 Å². The second-order valence-corrected chi connectivity index (χ2v) is 6.88. The lowest BCUT2D eigenvalue weighted by Crippen LogP contribution is -2.16. The van der Waals surface area contributed by atoms with Crippen molar-refractivity contribution in [2.45, 2.75) is 0 Å². The molecule has 2 N–H and O–H groups in total. The van der Waals surface area contributed by atoms with E-state index in [-0.39, 0.29) is 0 Å². The van der Waals surface area contributed by atoms with Crippen LogP contribution in [-0.4, -0.2) is 18.7 Å². The molecule has 140 valence electrons. The van der Waals surface area contributed by atoms with Crippen LogP contribution < -0.4 is 5.73 Å². The number of amidine groups is 2. The van der Waals surface area contributed by atoms with Crippen LogP contribution in [0, 0.1) is 0 Å². The quantitative estimate of drug-likeness (QED) is 0.325. The molecule has 0 aliphatic carbocycles. The summed E-state index contributed by atoms with van der Waals surface area (Å²) in [5, 5.41) is 4.33. The van der Waals surface area contributed by atoms with Gasteiger partial charge in [0.2, 0.25) is 0 Å². The van der Waals surface area contributed by atoms with Crippen LogP contribution >= 0.6 is 0 Å². The van der Waals surface area contributed by atoms with Crippen LogP contribution in [0.2, 0.25) is 0 Å². The summed E-state index contributed by atoms with van der Waals surface area (Å²) in [5.41, 5.74) is 9.80. The summed E-state index contributed by atoms with van der Waals surface area (Å²) in [5.74, 6) is 1.01. The first kappa shape index (κ1) is 17.2. The largest absolute Gasteiger partial charge is 0.456 e. The predicted octanol–water partition coefficient (Wildman–Crippen LogP) is 5.52. The Morgan fingerprint density at radius 3 is 2.41 bits per heavy atom. The van der Waals surface area contributed by atoms with Crippen molar-refractivity contribution >= 4 is 44.4 Å². The lowest BCUT2D eigenvalue weighted by molar-refractivity contribution is 0.669. The number of hydrogen-bond donors (Lipinski definition) is 1. The molecule has 0 aliphatic rings. The van der Waals surface area contributed by atoms with E-state index in [1.54, 1.807) is 7.05 Å². The highest BCUT2D eigenvalue weighted by Gasteiger charge is 2.14. The zero-order chi connectivity index (χ0) is 19.8. The number of aliphatic imine (C=N–C) groups is 2. The van der Waals surface area contributed by atoms with E-state index in [1.165, 1.54) is 5.39 Å². The molecule has 29 heavy (non-hydrogen) atoms. The van der Waals surface area contributed by atoms with E-state index in [4.69, 9.17) is 10.2 Å². The third-order valence-electron chi connectivity index (χ3n) is 5.13. The fraction of sp³-hybridized carbons (Fsp3) is 0.0400. The Morgan fingerprint density at radius 1 is 0.793 bits per heavy atom. The summed E-state index contributed by atoms with van der Waals surface area (Å²) in [7, 11) is 1.73. The van der Waals surface area contributed by atoms with Gasteiger partial charge in [-0.3, -0.25) is 4.99 Å². The standard InChI is InChI=1S/C25H19N3O/c1-27-25(28-24(26)18-14-13-16-7-2-3-8-17(16)15-18)20-10-6-12-22-23(20)19-9-4-5-11-21(19)29-22/h2-15H,1H3,(H2,26,27,28). The lowest BCUT2D eigenvalue weighted by Gasteiger charge is -2.07. The lowest BCUT2D eigenvalue weighted by atomic mass is 10.0. The van der Waals surface area contributed by atoms with Crippen LogP contribution in [0.3, 0.4) is 0 Å². The third kappa shape index (κ3) is 2.95. The average molecular weight is 377 g/mol. The Labute approximate surface area is 168 Å². The molecule has 1 heterocycles. The zero-order valence-corrected chi connectivity index (χ0v) is 16.0. The fourth-order valence-corrected chi connectivity index (χ4v) is 3.72. The van der Waals surface area contributed by atoms with E-state index in [9.17, 15) is 0 Å². The maximum Gasteiger partial charge on any atom is 0.157 e. The van der Waals surface area contributed by atoms with Crippen molar-refractivity contribution in [3.63, 3.8) is 0 Å². The molecule has 0 atom stereocenters. The highest BCUT2D eigenvalue weighted by atomic mass is 16.3. The molecule has 1 aromatic heterocycles. The van der Waals surface area contributed by atoms with Crippen molar-refractivity contribution in [2.75, 3.05) is 7.05 Å². The predicted molar refractivity (Wildman–Crippen MR) is 121 cm³/mol. The van der Waals surface area contributed by atoms with Gasteiger partial charge in [0.1, 0.15) is 17.0 Å². The van der Waals surface area contributed by atoms with Gasteiger partial charge in [-0.1, -0.05) is 66.7 Å². The van der Waals surface area contributed by atoms with Crippen LogP contribution in [-0.2, 0) is 0 Å². The number of nitrogens with two attached hydrogens (primary N) is 1. The number of furan rings is 1. The number of benzene rings is 4. The maximum atomic E-state index is 6.38. The Morgan fingerprint density at radius 2 is 1.55 bits per heavy atom. The molecule has 0 unspecified atom stereocenters. The van der Waals surface area contributed by atoms with Crippen LogP contribution in [0.25, 0.3) is 32.7 Å². The highest BCUT2D eigenvalue weighted by molar-refractivity contribution is 6.21. The van der Waals surface area contributed by atoms with Crippen LogP contribution in [0.1, 0.15) is 11.1 Å². The van der Waals surface area contributed by atoms with Gasteiger partial charge in [0.15, 0.2) is 5.84 Å². The van der Waals surface area contributed by atoms with Gasteiger partial charge in [-0.05, 0) is 29.0 Å². The number of nitrogens with zero attached hydrogens (tertiary/aromatic N) is 2. The molecular weight excluding hydrogens is 358 g/mol. The summed E-state index contributed by atoms with van der Waals surface area (Å²) in [6, 6.07) is 28.2. The van der Waals surface area contributed by atoms with Gasteiger partial charge in [-0.15, -0.1) is 0 Å². The van der Waals surface area contributed by atoms with E-state index in [1.807, 2.05) is 60.7 Å². The molecule has 0 fully saturated rings. The molecule has 5 aromatic rings. The first-order chi connectivity index (χ1) is 14.2. The van der Waals surface area contributed by atoms with Gasteiger partial charge in [-0.2, -0.15) is 0 Å². The van der Waals surface area contributed by atoms with E-state index >= 15 is 0 Å². The summed E-state index contributed by atoms with van der Waals surface area (Å²) >= 11 is 0. The number of rotatable bonds is 2. The van der Waals surface area contributed by atoms with Crippen LogP contribution in [0.4, 0.5) is 0 Å². The summed E-state index contributed by atoms with van der Waals surface area (Å²) in [4.78, 5) is 9.11. The van der Waals surface area contributed by atoms with Gasteiger partial charge < -0.3 is 10.2 Å². The number of para-hydroxylation sites is 1. The molecule has 4 aromatic carbocycles. The average Bonchev–Trinajstić information content (AvgIpc) is 3.16. The van der Waals surface area contributed by atoms with Crippen LogP contribution in [0.5, 0.6) is 0 Å². The third-order valence-corrected chi connectivity index (χ3v) is 5.13. The van der Waals surface area contributed by atoms with Crippen molar-refractivity contribution in [3.8, 4) is 0 Å². The molecule has 4 nitrogen and oxygen atoms in total. The van der Waals surface area contributed by atoms with E-state index < -0.39 is 0 Å². The van der Waals surface area contributed by atoms with Crippen molar-refractivity contribution in [3.05, 3.63) is 96.1 Å². The smallest absolute Gasteiger partial charge is 0.157 e. The van der Waals surface area contributed by atoms with Crippen LogP contribution in [0.15, 0.2) is 99.3 Å². The molecule has 0 radical (unpaired) electrons. The second-order valence-electron chi connectivity index (χ2n) is 6.88. The van der Waals surface area contributed by atoms with E-state index in [0.29, 0.717) is 11.7 Å². The minimum absolute atomic E-state index is 0.432. The Balaban J connectivity index is 1.64. The van der Waals surface area contributed by atoms with Gasteiger partial charge in [0.05, 0.1) is 0 Å². The van der Waals surface area contributed by atoms with Crippen molar-refractivity contribution in [1.82, 2.24) is 0 Å². The summed E-state index contributed by atoms with van der Waals surface area (Å²) in [6.07, 6.45) is 0. The number of fused-ring (bicyclic) bond motifs is 4. The number of hydrogen-bond acceptors (Lipinski definition) is 2. The molecule has 5 rings (SSSR count). The molecule has 4 heteroatoms. The molecule has 0 saturated heterocycles. The minimum atomic E-state index is 0.432. The minimum Gasteiger partial charge on any atom is -0.456 e. The molecule has 0 saturated carbocycles. The van der Waals surface area contributed by atoms with E-state index in [2.05, 4.69) is 34.3 Å². The van der Waals surface area contributed by atoms with Crippen molar-refractivity contribution in [2.24, 2.45) is 15.7 Å². The Hall–Kier alpha value is -3.92. The molecule has 0 aliphatic heterocycles. The van der Waals surface area contributed by atoms with Crippen molar-refractivity contribution < 1.29 is 4.42 Å². The molecule has 0 amide bonds. The van der Waals surface area contributed by atoms with Gasteiger partial charge in [0, 0.05) is 28.9 Å². The second kappa shape index (κ2) is 6.91. The first-order valence-electron chi connectivity index (χ1n) is 9.45. The summed E-state index contributed by atoms with van der Waals surface area (Å²) < 4.78 is 5.99. The summed E-state index contributed by atoms with van der Waals surface area (Å²) in [6.45, 7) is 0. The molecular formula is C25H19N3O. The SMILES string of the molecule is CN=C(N=C(N)c1ccc2ccccc2c1)c1cccc2oc3ccccc3c12. The van der Waals surface area contributed by atoms with Crippen molar-refractivity contribution in [1.29, 1.82) is 0 Å². The van der Waals surface area contributed by atoms with E-state index in [0.717, 1.165) is 38.5 Å². The highest BCUT2D eigenvalue weighted by Crippen LogP contribution is 2.31. The first-order valence-corrected chi connectivity index (χ1v) is 9.45. The Bertz CT molecular complexity index is 1430. The maximum absolute atomic E-state index is 6.38. The normalized spacial score (nSPS) is 12.9.